The van der Waals surface area contributed by atoms with Crippen LogP contribution in [-0.4, -0.2) is 44.8 Å². The molecular formula is C19H24N4O4S2. The minimum absolute atomic E-state index is 0.0957. The highest BCUT2D eigenvalue weighted by Crippen LogP contribution is 2.27. The van der Waals surface area contributed by atoms with E-state index in [4.69, 9.17) is 0 Å². The van der Waals surface area contributed by atoms with E-state index in [-0.39, 0.29) is 22.6 Å². The van der Waals surface area contributed by atoms with E-state index in [1.165, 1.54) is 11.4 Å². The molecule has 1 aliphatic rings. The van der Waals surface area contributed by atoms with Crippen molar-refractivity contribution in [3.05, 3.63) is 41.3 Å². The van der Waals surface area contributed by atoms with E-state index in [0.29, 0.717) is 29.3 Å². The Morgan fingerprint density at radius 1 is 0.966 bits per heavy atom. The largest absolute Gasteiger partial charge is 0.341 e. The van der Waals surface area contributed by atoms with Crippen molar-refractivity contribution in [3.63, 3.8) is 0 Å². The Kier molecular flexibility index (Phi) is 6.88. The number of amides is 3. The Morgan fingerprint density at radius 2 is 1.59 bits per heavy atom. The minimum Gasteiger partial charge on any atom is -0.341 e. The zero-order chi connectivity index (χ0) is 20.9. The first-order chi connectivity index (χ1) is 13.9. The second-order valence-electron chi connectivity index (χ2n) is 6.69. The van der Waals surface area contributed by atoms with Gasteiger partial charge in [0.05, 0.1) is 6.42 Å². The molecule has 0 radical (unpaired) electrons. The predicted octanol–water partition coefficient (Wildman–Crippen LogP) is 2.86. The van der Waals surface area contributed by atoms with Crippen LogP contribution in [0.1, 0.15) is 24.1 Å². The molecule has 0 aliphatic carbocycles. The molecule has 1 saturated heterocycles. The van der Waals surface area contributed by atoms with Crippen molar-refractivity contribution in [2.45, 2.75) is 29.9 Å². The number of anilines is 2. The van der Waals surface area contributed by atoms with Crippen LogP contribution in [0.3, 0.4) is 0 Å². The van der Waals surface area contributed by atoms with Crippen LogP contribution in [0.5, 0.6) is 0 Å². The van der Waals surface area contributed by atoms with Crippen LogP contribution in [0.15, 0.2) is 40.6 Å². The molecule has 1 aliphatic heterocycles. The third-order valence-corrected chi connectivity index (χ3v) is 7.99. The summed E-state index contributed by atoms with van der Waals surface area (Å²) in [6.07, 6.45) is 2.93. The van der Waals surface area contributed by atoms with E-state index < -0.39 is 10.0 Å². The second-order valence-corrected chi connectivity index (χ2v) is 10.0. The fourth-order valence-electron chi connectivity index (χ4n) is 3.02. The number of nitrogens with zero attached hydrogens (tertiary/aromatic N) is 1. The Bertz CT molecular complexity index is 964. The summed E-state index contributed by atoms with van der Waals surface area (Å²) in [5.74, 6) is -0.235. The van der Waals surface area contributed by atoms with Crippen molar-refractivity contribution >= 4 is 44.7 Å². The first kappa shape index (κ1) is 21.3. The smallest absolute Gasteiger partial charge is 0.318 e. The summed E-state index contributed by atoms with van der Waals surface area (Å²) in [6, 6.07) is 9.68. The number of piperidine rings is 1. The summed E-state index contributed by atoms with van der Waals surface area (Å²) >= 11 is 1.14. The van der Waals surface area contributed by atoms with Crippen LogP contribution >= 0.6 is 11.3 Å². The van der Waals surface area contributed by atoms with Gasteiger partial charge in [-0.1, -0.05) is 6.42 Å². The zero-order valence-corrected chi connectivity index (χ0v) is 17.7. The van der Waals surface area contributed by atoms with Gasteiger partial charge in [0.25, 0.3) is 10.0 Å². The number of hydrogen-bond donors (Lipinski definition) is 3. The third-order valence-electron chi connectivity index (χ3n) is 4.53. The van der Waals surface area contributed by atoms with Gasteiger partial charge >= 0.3 is 6.03 Å². The van der Waals surface area contributed by atoms with Gasteiger partial charge < -0.3 is 16.0 Å². The number of carbonyl (C=O) groups excluding carboxylic acids is 2. The molecule has 2 aromatic rings. The molecule has 1 aromatic heterocycles. The summed E-state index contributed by atoms with van der Waals surface area (Å²) in [4.78, 5) is 24.3. The Morgan fingerprint density at radius 3 is 2.21 bits per heavy atom. The average molecular weight is 437 g/mol. The highest BCUT2D eigenvalue weighted by molar-refractivity contribution is 7.91. The van der Waals surface area contributed by atoms with Crippen molar-refractivity contribution in [2.24, 2.45) is 0 Å². The molecule has 1 aromatic carbocycles. The summed E-state index contributed by atoms with van der Waals surface area (Å²) in [6.45, 7) is 1.11. The summed E-state index contributed by atoms with van der Waals surface area (Å²) in [5, 5.41) is 7.87. The number of benzene rings is 1. The molecule has 1 fully saturated rings. The molecule has 3 rings (SSSR count). The van der Waals surface area contributed by atoms with Gasteiger partial charge in [0.1, 0.15) is 4.21 Å². The van der Waals surface area contributed by atoms with Crippen molar-refractivity contribution in [2.75, 3.05) is 30.8 Å². The van der Waals surface area contributed by atoms with Gasteiger partial charge in [0.15, 0.2) is 0 Å². The zero-order valence-electron chi connectivity index (χ0n) is 16.1. The molecule has 0 saturated carbocycles. The van der Waals surface area contributed by atoms with E-state index >= 15 is 0 Å². The normalized spacial score (nSPS) is 14.9. The lowest BCUT2D eigenvalue weighted by molar-refractivity contribution is -0.115. The maximum absolute atomic E-state index is 12.7. The van der Waals surface area contributed by atoms with Crippen LogP contribution < -0.4 is 16.0 Å². The summed E-state index contributed by atoms with van der Waals surface area (Å²) in [7, 11) is -1.95. The lowest BCUT2D eigenvalue weighted by Gasteiger charge is -2.25. The van der Waals surface area contributed by atoms with Crippen molar-refractivity contribution < 1.29 is 18.0 Å². The molecule has 0 bridgehead atoms. The molecule has 3 amide bonds. The Balaban J connectivity index is 1.58. The SMILES string of the molecule is CNC(=O)Nc1ccc(NC(=O)Cc2ccc(S(=O)(=O)N3CCCCC3)s2)cc1. The minimum atomic E-state index is -3.47. The van der Waals surface area contributed by atoms with Gasteiger partial charge in [0.2, 0.25) is 5.91 Å². The van der Waals surface area contributed by atoms with Crippen molar-refractivity contribution in [1.29, 1.82) is 0 Å². The average Bonchev–Trinajstić information content (AvgIpc) is 3.19. The van der Waals surface area contributed by atoms with E-state index in [0.717, 1.165) is 30.6 Å². The van der Waals surface area contributed by atoms with E-state index in [1.54, 1.807) is 36.4 Å². The molecule has 0 atom stereocenters. The van der Waals surface area contributed by atoms with Gasteiger partial charge in [-0.05, 0) is 49.2 Å². The van der Waals surface area contributed by atoms with Crippen molar-refractivity contribution in [1.82, 2.24) is 9.62 Å². The highest BCUT2D eigenvalue weighted by atomic mass is 32.2. The molecule has 0 spiro atoms. The lowest BCUT2D eigenvalue weighted by atomic mass is 10.2. The molecule has 156 valence electrons. The number of thiophene rings is 1. The van der Waals surface area contributed by atoms with Crippen LogP contribution in [0.2, 0.25) is 0 Å². The molecule has 8 nitrogen and oxygen atoms in total. The van der Waals surface area contributed by atoms with Crippen LogP contribution in [0.25, 0.3) is 0 Å². The Hall–Kier alpha value is -2.43. The number of carbonyl (C=O) groups is 2. The topological polar surface area (TPSA) is 108 Å². The van der Waals surface area contributed by atoms with Crippen LogP contribution in [0.4, 0.5) is 16.2 Å². The van der Waals surface area contributed by atoms with Gasteiger partial charge in [-0.3, -0.25) is 4.79 Å². The fraction of sp³-hybridized carbons (Fsp3) is 0.368. The summed E-state index contributed by atoms with van der Waals surface area (Å²) in [5.41, 5.74) is 1.20. The standard InChI is InChI=1S/C19H24N4O4S2/c1-20-19(25)22-15-7-5-14(6-8-15)21-17(24)13-16-9-10-18(28-16)29(26,27)23-11-3-2-4-12-23/h5-10H,2-4,11-13H2,1H3,(H,21,24)(H2,20,22,25). The van der Waals surface area contributed by atoms with Crippen LogP contribution in [0, 0.1) is 0 Å². The maximum Gasteiger partial charge on any atom is 0.318 e. The number of nitrogens with one attached hydrogen (secondary N) is 3. The first-order valence-electron chi connectivity index (χ1n) is 9.36. The van der Waals surface area contributed by atoms with E-state index in [2.05, 4.69) is 16.0 Å². The molecule has 0 unspecified atom stereocenters. The van der Waals surface area contributed by atoms with Gasteiger partial charge in [0, 0.05) is 36.4 Å². The predicted molar refractivity (Wildman–Crippen MR) is 114 cm³/mol. The fourth-order valence-corrected chi connectivity index (χ4v) is 6.04. The maximum atomic E-state index is 12.7. The van der Waals surface area contributed by atoms with E-state index in [1.807, 2.05) is 0 Å². The monoisotopic (exact) mass is 436 g/mol. The molecule has 2 heterocycles. The molecule has 3 N–H and O–H groups in total. The lowest BCUT2D eigenvalue weighted by Crippen LogP contribution is -2.35. The van der Waals surface area contributed by atoms with Gasteiger partial charge in [-0.15, -0.1) is 11.3 Å². The Labute approximate surface area is 174 Å². The number of hydrogen-bond acceptors (Lipinski definition) is 5. The van der Waals surface area contributed by atoms with Gasteiger partial charge in [-0.25, -0.2) is 13.2 Å². The quantitative estimate of drug-likeness (QED) is 0.647. The molecule has 29 heavy (non-hydrogen) atoms. The molecule has 10 heteroatoms. The third kappa shape index (κ3) is 5.55. The summed E-state index contributed by atoms with van der Waals surface area (Å²) < 4.78 is 27.2. The molecular weight excluding hydrogens is 412 g/mol. The number of urea groups is 1. The second kappa shape index (κ2) is 9.38. The first-order valence-corrected chi connectivity index (χ1v) is 11.6. The van der Waals surface area contributed by atoms with Crippen LogP contribution in [-0.2, 0) is 21.2 Å². The highest BCUT2D eigenvalue weighted by Gasteiger charge is 2.27. The van der Waals surface area contributed by atoms with E-state index in [9.17, 15) is 18.0 Å². The van der Waals surface area contributed by atoms with Crippen molar-refractivity contribution in [3.8, 4) is 0 Å². The number of rotatable bonds is 6. The van der Waals surface area contributed by atoms with Gasteiger partial charge in [-0.2, -0.15) is 4.31 Å². The number of sulfonamides is 1.